The summed E-state index contributed by atoms with van der Waals surface area (Å²) in [4.78, 5) is 0. The van der Waals surface area contributed by atoms with Crippen molar-refractivity contribution < 1.29 is 4.43 Å². The van der Waals surface area contributed by atoms with Crippen LogP contribution >= 0.6 is 0 Å². The van der Waals surface area contributed by atoms with Gasteiger partial charge in [0.05, 0.1) is 0 Å². The summed E-state index contributed by atoms with van der Waals surface area (Å²) in [7, 11) is -2.27. The largest absolute Gasteiger partial charge is 0.417 e. The third kappa shape index (κ3) is 8.72. The van der Waals surface area contributed by atoms with Crippen LogP contribution in [0.5, 0.6) is 0 Å². The summed E-state index contributed by atoms with van der Waals surface area (Å²) in [5.41, 5.74) is 1.38. The molecule has 1 nitrogen and oxygen atoms in total. The summed E-state index contributed by atoms with van der Waals surface area (Å²) in [5.74, 6) is 0.674. The molecule has 0 bridgehead atoms. The average molecular weight is 218 g/mol. The maximum absolute atomic E-state index is 6.04. The monoisotopic (exact) mass is 218 g/mol. The molecule has 0 fully saturated rings. The van der Waals surface area contributed by atoms with E-state index < -0.39 is 16.4 Å². The first kappa shape index (κ1) is 13.4. The lowest BCUT2D eigenvalue weighted by molar-refractivity contribution is 0.263. The molecule has 0 heterocycles. The lowest BCUT2D eigenvalue weighted by Crippen LogP contribution is -2.40. The van der Waals surface area contributed by atoms with Gasteiger partial charge in [-0.2, -0.15) is 0 Å². The molecule has 0 aromatic carbocycles. The average Bonchev–Trinajstić information content (AvgIpc) is 1.78. The molecule has 0 aromatic rings. The number of rotatable bonds is 5. The van der Waals surface area contributed by atoms with Crippen LogP contribution in [0.25, 0.3) is 0 Å². The van der Waals surface area contributed by atoms with Gasteiger partial charge in [-0.3, -0.25) is 0 Å². The standard InChI is InChI=1S/C10H26OSi2/c1-10(2)8-11-13(6,7)9-12(3,4)5/h10H,8-9H2,1-7H3. The fourth-order valence-corrected chi connectivity index (χ4v) is 13.1. The molecule has 0 rings (SSSR count). The van der Waals surface area contributed by atoms with E-state index in [0.29, 0.717) is 5.92 Å². The van der Waals surface area contributed by atoms with Gasteiger partial charge in [0.2, 0.25) is 0 Å². The highest BCUT2D eigenvalue weighted by atomic mass is 28.4. The Hall–Kier alpha value is 0.394. The van der Waals surface area contributed by atoms with Crippen molar-refractivity contribution in [1.82, 2.24) is 0 Å². The Kier molecular flexibility index (Phi) is 4.90. The van der Waals surface area contributed by atoms with Gasteiger partial charge in [0.25, 0.3) is 0 Å². The lowest BCUT2D eigenvalue weighted by atomic mass is 10.2. The maximum atomic E-state index is 6.04. The Balaban J connectivity index is 3.94. The molecule has 80 valence electrons. The van der Waals surface area contributed by atoms with Crippen molar-refractivity contribution >= 4 is 16.4 Å². The van der Waals surface area contributed by atoms with Crippen LogP contribution in [0.15, 0.2) is 0 Å². The summed E-state index contributed by atoms with van der Waals surface area (Å²) >= 11 is 0. The van der Waals surface area contributed by atoms with E-state index in [0.717, 1.165) is 6.61 Å². The third-order valence-corrected chi connectivity index (χ3v) is 10.4. The summed E-state index contributed by atoms with van der Waals surface area (Å²) in [6, 6.07) is 0. The second-order valence-electron chi connectivity index (χ2n) is 6.20. The minimum atomic E-state index is -1.34. The third-order valence-electron chi connectivity index (χ3n) is 1.76. The van der Waals surface area contributed by atoms with E-state index in [1.165, 1.54) is 5.67 Å². The number of hydrogen-bond donors (Lipinski definition) is 0. The number of hydrogen-bond acceptors (Lipinski definition) is 1. The van der Waals surface area contributed by atoms with Crippen LogP contribution in [0.1, 0.15) is 13.8 Å². The van der Waals surface area contributed by atoms with Crippen LogP contribution < -0.4 is 0 Å². The first-order valence-electron chi connectivity index (χ1n) is 5.26. The van der Waals surface area contributed by atoms with E-state index in [-0.39, 0.29) is 0 Å². The quantitative estimate of drug-likeness (QED) is 0.639. The topological polar surface area (TPSA) is 9.23 Å². The molecule has 0 atom stereocenters. The summed E-state index contributed by atoms with van der Waals surface area (Å²) in [5, 5.41) is 0. The van der Waals surface area contributed by atoms with Crippen molar-refractivity contribution in [1.29, 1.82) is 0 Å². The summed E-state index contributed by atoms with van der Waals surface area (Å²) in [6.07, 6.45) is 0. The van der Waals surface area contributed by atoms with Crippen molar-refractivity contribution in [2.75, 3.05) is 6.61 Å². The second kappa shape index (κ2) is 4.76. The second-order valence-corrected chi connectivity index (χ2v) is 16.5. The van der Waals surface area contributed by atoms with E-state index in [9.17, 15) is 0 Å². The molecular weight excluding hydrogens is 192 g/mol. The SMILES string of the molecule is CC(C)CO[Si](C)(C)C[Si](C)(C)C. The zero-order valence-electron chi connectivity index (χ0n) is 10.4. The minimum absolute atomic E-state index is 0.674. The van der Waals surface area contributed by atoms with Crippen molar-refractivity contribution in [2.24, 2.45) is 5.92 Å². The van der Waals surface area contributed by atoms with E-state index in [1.54, 1.807) is 0 Å². The molecule has 0 N–H and O–H groups in total. The molecule has 13 heavy (non-hydrogen) atoms. The highest BCUT2D eigenvalue weighted by Crippen LogP contribution is 2.20. The lowest BCUT2D eigenvalue weighted by Gasteiger charge is -2.30. The van der Waals surface area contributed by atoms with Gasteiger partial charge in [-0.25, -0.2) is 0 Å². The molecule has 0 radical (unpaired) electrons. The smallest absolute Gasteiger partial charge is 0.184 e. The van der Waals surface area contributed by atoms with Gasteiger partial charge < -0.3 is 4.43 Å². The molecule has 0 aromatic heterocycles. The van der Waals surface area contributed by atoms with E-state index in [4.69, 9.17) is 4.43 Å². The Bertz CT molecular complexity index is 147. The molecule has 0 saturated heterocycles. The van der Waals surface area contributed by atoms with Crippen molar-refractivity contribution in [3.63, 3.8) is 0 Å². The van der Waals surface area contributed by atoms with Gasteiger partial charge in [-0.15, -0.1) is 0 Å². The molecular formula is C10H26OSi2. The first-order chi connectivity index (χ1) is 5.62. The van der Waals surface area contributed by atoms with E-state index in [2.05, 4.69) is 46.6 Å². The van der Waals surface area contributed by atoms with Crippen LogP contribution in [0.3, 0.4) is 0 Å². The Morgan fingerprint density at radius 2 is 1.46 bits per heavy atom. The van der Waals surface area contributed by atoms with Gasteiger partial charge in [-0.05, 0) is 24.7 Å². The zero-order valence-corrected chi connectivity index (χ0v) is 12.4. The predicted octanol–water partition coefficient (Wildman–Crippen LogP) is 3.74. The van der Waals surface area contributed by atoms with Gasteiger partial charge in [-0.1, -0.05) is 33.5 Å². The molecule has 0 amide bonds. The van der Waals surface area contributed by atoms with Gasteiger partial charge in [0, 0.05) is 14.7 Å². The van der Waals surface area contributed by atoms with Crippen LogP contribution in [0.4, 0.5) is 0 Å². The van der Waals surface area contributed by atoms with Crippen LogP contribution in [0, 0.1) is 5.92 Å². The fraction of sp³-hybridized carbons (Fsp3) is 1.00. The molecule has 0 unspecified atom stereocenters. The zero-order chi connectivity index (χ0) is 10.7. The van der Waals surface area contributed by atoms with Crippen molar-refractivity contribution in [3.8, 4) is 0 Å². The van der Waals surface area contributed by atoms with Crippen molar-refractivity contribution in [2.45, 2.75) is 52.2 Å². The van der Waals surface area contributed by atoms with Gasteiger partial charge in [0.1, 0.15) is 0 Å². The predicted molar refractivity (Wildman–Crippen MR) is 66.4 cm³/mol. The fourth-order valence-electron chi connectivity index (χ4n) is 1.72. The molecule has 0 spiro atoms. The van der Waals surface area contributed by atoms with E-state index >= 15 is 0 Å². The Labute approximate surface area is 86.0 Å². The van der Waals surface area contributed by atoms with Gasteiger partial charge >= 0.3 is 0 Å². The highest BCUT2D eigenvalue weighted by molar-refractivity contribution is 6.92. The minimum Gasteiger partial charge on any atom is -0.417 e. The first-order valence-corrected chi connectivity index (χ1v) is 12.1. The Morgan fingerprint density at radius 3 is 1.77 bits per heavy atom. The van der Waals surface area contributed by atoms with Crippen LogP contribution in [0.2, 0.25) is 38.4 Å². The molecule has 3 heteroatoms. The van der Waals surface area contributed by atoms with Crippen molar-refractivity contribution in [3.05, 3.63) is 0 Å². The molecule has 0 saturated carbocycles. The summed E-state index contributed by atoms with van der Waals surface area (Å²) < 4.78 is 6.04. The summed E-state index contributed by atoms with van der Waals surface area (Å²) in [6.45, 7) is 17.4. The van der Waals surface area contributed by atoms with Crippen LogP contribution in [-0.4, -0.2) is 23.0 Å². The maximum Gasteiger partial charge on any atom is 0.184 e. The van der Waals surface area contributed by atoms with E-state index in [1.807, 2.05) is 0 Å². The van der Waals surface area contributed by atoms with Gasteiger partial charge in [0.15, 0.2) is 8.32 Å². The molecule has 0 aliphatic heterocycles. The molecule has 0 aliphatic rings. The normalized spacial score (nSPS) is 13.8. The highest BCUT2D eigenvalue weighted by Gasteiger charge is 2.30. The Morgan fingerprint density at radius 1 is 1.00 bits per heavy atom. The molecule has 0 aliphatic carbocycles. The van der Waals surface area contributed by atoms with Crippen LogP contribution in [-0.2, 0) is 4.43 Å².